The Labute approximate surface area is 161 Å². The Bertz CT molecular complexity index is 922. The van der Waals surface area contributed by atoms with E-state index in [1.54, 1.807) is 7.11 Å². The average molecular weight is 381 g/mol. The lowest BCUT2D eigenvalue weighted by Crippen LogP contribution is -2.29. The summed E-state index contributed by atoms with van der Waals surface area (Å²) in [6, 6.07) is 17.3. The lowest BCUT2D eigenvalue weighted by Gasteiger charge is -2.23. The minimum absolute atomic E-state index is 0.0125. The Morgan fingerprint density at radius 2 is 1.78 bits per heavy atom. The first-order valence-corrected chi connectivity index (χ1v) is 9.45. The van der Waals surface area contributed by atoms with Crippen molar-refractivity contribution in [3.63, 3.8) is 0 Å². The van der Waals surface area contributed by atoms with E-state index in [4.69, 9.17) is 14.2 Å². The lowest BCUT2D eigenvalue weighted by molar-refractivity contribution is 0.0735. The smallest absolute Gasteiger partial charge is 0.264 e. The first-order valence-electron chi connectivity index (χ1n) is 8.57. The van der Waals surface area contributed by atoms with Gasteiger partial charge in [-0.25, -0.2) is 0 Å². The van der Waals surface area contributed by atoms with E-state index in [1.807, 2.05) is 64.9 Å². The number of fused-ring (bicyclic) bond motifs is 1. The third-order valence-corrected chi connectivity index (χ3v) is 5.22. The van der Waals surface area contributed by atoms with E-state index in [9.17, 15) is 4.79 Å². The standard InChI is InChI=1S/C21H19NO4S/c1-24-17-7-4-15(5-8-17)12-22(21(23)20-3-2-10-27-20)13-16-6-9-18-19(11-16)26-14-25-18/h2-11H,12-14H2,1H3. The number of benzene rings is 2. The van der Waals surface area contributed by atoms with Crippen LogP contribution in [0, 0.1) is 0 Å². The Kier molecular flexibility index (Phi) is 4.98. The molecule has 6 heteroatoms. The summed E-state index contributed by atoms with van der Waals surface area (Å²) < 4.78 is 16.0. The van der Waals surface area contributed by atoms with Gasteiger partial charge in [0.15, 0.2) is 11.5 Å². The fourth-order valence-corrected chi connectivity index (χ4v) is 3.66. The van der Waals surface area contributed by atoms with E-state index < -0.39 is 0 Å². The van der Waals surface area contributed by atoms with Crippen molar-refractivity contribution in [1.82, 2.24) is 4.90 Å². The van der Waals surface area contributed by atoms with Crippen LogP contribution in [0.3, 0.4) is 0 Å². The molecule has 0 bridgehead atoms. The highest BCUT2D eigenvalue weighted by molar-refractivity contribution is 7.12. The van der Waals surface area contributed by atoms with Gasteiger partial charge in [0, 0.05) is 13.1 Å². The summed E-state index contributed by atoms with van der Waals surface area (Å²) in [5, 5.41) is 1.92. The predicted octanol–water partition coefficient (Wildman–Crippen LogP) is 4.33. The van der Waals surface area contributed by atoms with Gasteiger partial charge in [0.1, 0.15) is 5.75 Å². The summed E-state index contributed by atoms with van der Waals surface area (Å²) in [5.74, 6) is 2.27. The average Bonchev–Trinajstić information content (AvgIpc) is 3.39. The van der Waals surface area contributed by atoms with E-state index in [0.29, 0.717) is 13.1 Å². The zero-order valence-electron chi connectivity index (χ0n) is 14.9. The second-order valence-electron chi connectivity index (χ2n) is 6.17. The molecule has 0 spiro atoms. The van der Waals surface area contributed by atoms with Crippen LogP contribution >= 0.6 is 11.3 Å². The molecule has 0 unspecified atom stereocenters. The number of methoxy groups -OCH3 is 1. The molecular weight excluding hydrogens is 362 g/mol. The summed E-state index contributed by atoms with van der Waals surface area (Å²) >= 11 is 1.45. The summed E-state index contributed by atoms with van der Waals surface area (Å²) in [4.78, 5) is 15.6. The van der Waals surface area contributed by atoms with Crippen molar-refractivity contribution in [3.8, 4) is 17.2 Å². The molecule has 2 heterocycles. The summed E-state index contributed by atoms with van der Waals surface area (Å²) in [6.07, 6.45) is 0. The SMILES string of the molecule is COc1ccc(CN(Cc2ccc3c(c2)OCO3)C(=O)c2cccs2)cc1. The van der Waals surface area contributed by atoms with E-state index in [-0.39, 0.29) is 12.7 Å². The quantitative estimate of drug-likeness (QED) is 0.638. The van der Waals surface area contributed by atoms with Gasteiger partial charge < -0.3 is 19.1 Å². The number of amides is 1. The summed E-state index contributed by atoms with van der Waals surface area (Å²) in [5.41, 5.74) is 2.04. The molecule has 138 valence electrons. The zero-order chi connectivity index (χ0) is 18.6. The lowest BCUT2D eigenvalue weighted by atomic mass is 10.1. The molecular formula is C21H19NO4S. The van der Waals surface area contributed by atoms with Crippen molar-refractivity contribution >= 4 is 17.2 Å². The van der Waals surface area contributed by atoms with Crippen molar-refractivity contribution in [2.24, 2.45) is 0 Å². The van der Waals surface area contributed by atoms with Gasteiger partial charge in [0.25, 0.3) is 5.91 Å². The van der Waals surface area contributed by atoms with Gasteiger partial charge in [-0.2, -0.15) is 0 Å². The first-order chi connectivity index (χ1) is 13.2. The van der Waals surface area contributed by atoms with E-state index >= 15 is 0 Å². The second-order valence-corrected chi connectivity index (χ2v) is 7.12. The van der Waals surface area contributed by atoms with Crippen LogP contribution in [-0.4, -0.2) is 24.7 Å². The first kappa shape index (κ1) is 17.4. The summed E-state index contributed by atoms with van der Waals surface area (Å²) in [6.45, 7) is 1.23. The number of hydrogen-bond acceptors (Lipinski definition) is 5. The Morgan fingerprint density at radius 1 is 1.04 bits per heavy atom. The molecule has 1 aromatic heterocycles. The van der Waals surface area contributed by atoms with Crippen LogP contribution in [0.4, 0.5) is 0 Å². The molecule has 3 aromatic rings. The van der Waals surface area contributed by atoms with Gasteiger partial charge in [-0.3, -0.25) is 4.79 Å². The fraction of sp³-hybridized carbons (Fsp3) is 0.190. The fourth-order valence-electron chi connectivity index (χ4n) is 2.97. The van der Waals surface area contributed by atoms with Crippen LogP contribution in [0.5, 0.6) is 17.2 Å². The Morgan fingerprint density at radius 3 is 2.52 bits per heavy atom. The molecule has 0 fully saturated rings. The van der Waals surface area contributed by atoms with Crippen LogP contribution < -0.4 is 14.2 Å². The molecule has 27 heavy (non-hydrogen) atoms. The monoisotopic (exact) mass is 381 g/mol. The maximum absolute atomic E-state index is 13.0. The zero-order valence-corrected chi connectivity index (χ0v) is 15.7. The number of carbonyl (C=O) groups is 1. The second kappa shape index (κ2) is 7.72. The van der Waals surface area contributed by atoms with E-state index in [1.165, 1.54) is 11.3 Å². The molecule has 1 aliphatic heterocycles. The number of carbonyl (C=O) groups excluding carboxylic acids is 1. The normalized spacial score (nSPS) is 12.0. The molecule has 1 aliphatic rings. The topological polar surface area (TPSA) is 48.0 Å². The van der Waals surface area contributed by atoms with Gasteiger partial charge >= 0.3 is 0 Å². The highest BCUT2D eigenvalue weighted by Crippen LogP contribution is 2.33. The summed E-state index contributed by atoms with van der Waals surface area (Å²) in [7, 11) is 1.64. The molecule has 0 saturated heterocycles. The third kappa shape index (κ3) is 3.90. The van der Waals surface area contributed by atoms with Crippen molar-refractivity contribution in [1.29, 1.82) is 0 Å². The number of nitrogens with zero attached hydrogens (tertiary/aromatic N) is 1. The van der Waals surface area contributed by atoms with Crippen molar-refractivity contribution in [2.45, 2.75) is 13.1 Å². The van der Waals surface area contributed by atoms with Crippen molar-refractivity contribution in [3.05, 3.63) is 76.0 Å². The molecule has 1 amide bonds. The van der Waals surface area contributed by atoms with Crippen LogP contribution in [0.15, 0.2) is 60.0 Å². The molecule has 0 N–H and O–H groups in total. The minimum atomic E-state index is 0.0125. The van der Waals surface area contributed by atoms with Crippen molar-refractivity contribution in [2.75, 3.05) is 13.9 Å². The van der Waals surface area contributed by atoms with Crippen LogP contribution in [0.1, 0.15) is 20.8 Å². The molecule has 0 aliphatic carbocycles. The predicted molar refractivity (Wildman–Crippen MR) is 103 cm³/mol. The van der Waals surface area contributed by atoms with Gasteiger partial charge in [0.2, 0.25) is 6.79 Å². The van der Waals surface area contributed by atoms with Crippen LogP contribution in [0.2, 0.25) is 0 Å². The van der Waals surface area contributed by atoms with Crippen LogP contribution in [0.25, 0.3) is 0 Å². The van der Waals surface area contributed by atoms with E-state index in [0.717, 1.165) is 33.3 Å². The highest BCUT2D eigenvalue weighted by Gasteiger charge is 2.20. The number of hydrogen-bond donors (Lipinski definition) is 0. The minimum Gasteiger partial charge on any atom is -0.497 e. The molecule has 0 atom stereocenters. The highest BCUT2D eigenvalue weighted by atomic mass is 32.1. The third-order valence-electron chi connectivity index (χ3n) is 4.36. The molecule has 0 radical (unpaired) electrons. The Hall–Kier alpha value is -2.99. The molecule has 5 nitrogen and oxygen atoms in total. The molecule has 2 aromatic carbocycles. The number of thiophene rings is 1. The largest absolute Gasteiger partial charge is 0.497 e. The Balaban J connectivity index is 1.58. The number of ether oxygens (including phenoxy) is 3. The van der Waals surface area contributed by atoms with Gasteiger partial charge in [-0.15, -0.1) is 11.3 Å². The van der Waals surface area contributed by atoms with Crippen LogP contribution in [-0.2, 0) is 13.1 Å². The number of rotatable bonds is 6. The van der Waals surface area contributed by atoms with E-state index in [2.05, 4.69) is 0 Å². The maximum Gasteiger partial charge on any atom is 0.264 e. The molecule has 0 saturated carbocycles. The van der Waals surface area contributed by atoms with Gasteiger partial charge in [0.05, 0.1) is 12.0 Å². The molecule has 4 rings (SSSR count). The maximum atomic E-state index is 13.0. The van der Waals surface area contributed by atoms with Gasteiger partial charge in [-0.1, -0.05) is 24.3 Å². The van der Waals surface area contributed by atoms with Gasteiger partial charge in [-0.05, 0) is 46.8 Å². The van der Waals surface area contributed by atoms with Crippen molar-refractivity contribution < 1.29 is 19.0 Å².